The van der Waals surface area contributed by atoms with Crippen molar-refractivity contribution in [2.45, 2.75) is 90.6 Å². The fourth-order valence-electron chi connectivity index (χ4n) is 7.24. The predicted molar refractivity (Wildman–Crippen MR) is 141 cm³/mol. The lowest BCUT2D eigenvalue weighted by Gasteiger charge is -2.52. The molecule has 7 nitrogen and oxygen atoms in total. The van der Waals surface area contributed by atoms with Crippen molar-refractivity contribution >= 4 is 38.9 Å². The first kappa shape index (κ1) is 24.3. The van der Waals surface area contributed by atoms with Gasteiger partial charge >= 0.3 is 0 Å². The smallest absolute Gasteiger partial charge is 0.227 e. The number of aromatic nitrogens is 4. The molecule has 2 aliphatic carbocycles. The van der Waals surface area contributed by atoms with Gasteiger partial charge in [-0.25, -0.2) is 4.98 Å². The number of nitrogens with one attached hydrogen (secondary N) is 1. The van der Waals surface area contributed by atoms with Crippen molar-refractivity contribution in [2.75, 3.05) is 24.3 Å². The van der Waals surface area contributed by atoms with E-state index in [0.29, 0.717) is 46.9 Å². The molecule has 34 heavy (non-hydrogen) atoms. The van der Waals surface area contributed by atoms with Gasteiger partial charge < -0.3 is 20.4 Å². The highest BCUT2D eigenvalue weighted by Gasteiger charge is 2.50. The highest BCUT2D eigenvalue weighted by Crippen LogP contribution is 2.51. The lowest BCUT2D eigenvalue weighted by molar-refractivity contribution is 0.0613. The Morgan fingerprint density at radius 2 is 1.82 bits per heavy atom. The molecule has 3 fully saturated rings. The summed E-state index contributed by atoms with van der Waals surface area (Å²) < 4.78 is 8.53. The number of hydrogen-bond acceptors (Lipinski definition) is 6. The first-order chi connectivity index (χ1) is 16.4. The van der Waals surface area contributed by atoms with E-state index in [1.807, 2.05) is 0 Å². The lowest BCUT2D eigenvalue weighted by atomic mass is 9.59. The third kappa shape index (κ3) is 4.57. The van der Waals surface area contributed by atoms with Gasteiger partial charge in [0.25, 0.3) is 0 Å². The second-order valence-electron chi connectivity index (χ2n) is 11.5. The summed E-state index contributed by atoms with van der Waals surface area (Å²) in [4.78, 5) is 14.5. The first-order valence-corrected chi connectivity index (χ1v) is 14.2. The number of halogens is 1. The number of fused-ring (bicyclic) bond motifs is 1. The minimum atomic E-state index is 0.0330. The van der Waals surface area contributed by atoms with Crippen LogP contribution in [0.1, 0.15) is 78.6 Å². The number of nitrogens with two attached hydrogens (primary N) is 1. The maximum atomic E-state index is 6.49. The number of hydrogen-bond donors (Lipinski definition) is 2. The van der Waals surface area contributed by atoms with Crippen LogP contribution in [0.5, 0.6) is 0 Å². The molecule has 3 heterocycles. The second kappa shape index (κ2) is 9.92. The van der Waals surface area contributed by atoms with E-state index in [1.54, 1.807) is 0 Å². The summed E-state index contributed by atoms with van der Waals surface area (Å²) in [6.45, 7) is 9.74. The van der Waals surface area contributed by atoms with E-state index in [0.717, 1.165) is 43.0 Å². The van der Waals surface area contributed by atoms with Gasteiger partial charge in [0.15, 0.2) is 21.7 Å². The van der Waals surface area contributed by atoms with Gasteiger partial charge in [-0.15, -0.1) is 0 Å². The molecule has 1 saturated heterocycles. The summed E-state index contributed by atoms with van der Waals surface area (Å²) in [7, 11) is 0. The number of nitrogen functional groups attached to an aromatic ring is 1. The Morgan fingerprint density at radius 1 is 1.09 bits per heavy atom. The fourth-order valence-corrected chi connectivity index (χ4v) is 7.73. The van der Waals surface area contributed by atoms with E-state index >= 15 is 0 Å². The molecule has 3 N–H and O–H groups in total. The molecular weight excluding hydrogens is 492 g/mol. The topological polar surface area (TPSA) is 90.9 Å². The number of rotatable bonds is 6. The van der Waals surface area contributed by atoms with Gasteiger partial charge in [0, 0.05) is 25.3 Å². The van der Waals surface area contributed by atoms with Crippen LogP contribution in [0.2, 0.25) is 0 Å². The Kier molecular flexibility index (Phi) is 7.09. The monoisotopic (exact) mass is 532 g/mol. The maximum absolute atomic E-state index is 6.49. The molecule has 8 heteroatoms. The van der Waals surface area contributed by atoms with Crippen LogP contribution in [-0.4, -0.2) is 38.3 Å². The Balaban J connectivity index is 1.53. The van der Waals surface area contributed by atoms with Gasteiger partial charge in [0.2, 0.25) is 5.95 Å². The number of ether oxygens (including phenoxy) is 1. The summed E-state index contributed by atoms with van der Waals surface area (Å²) >= 11 is 3.67. The van der Waals surface area contributed by atoms with Crippen molar-refractivity contribution < 1.29 is 4.74 Å². The van der Waals surface area contributed by atoms with E-state index in [2.05, 4.69) is 51.6 Å². The summed E-state index contributed by atoms with van der Waals surface area (Å²) in [5.74, 6) is 4.31. The van der Waals surface area contributed by atoms with Gasteiger partial charge in [-0.2, -0.15) is 9.97 Å². The Labute approximate surface area is 212 Å². The molecular formula is C26H41BrN6O. The van der Waals surface area contributed by atoms with Gasteiger partial charge in [-0.1, -0.05) is 40.0 Å². The van der Waals surface area contributed by atoms with Crippen molar-refractivity contribution in [3.05, 3.63) is 4.73 Å². The zero-order chi connectivity index (χ0) is 23.9. The van der Waals surface area contributed by atoms with Crippen LogP contribution in [0.25, 0.3) is 11.2 Å². The molecule has 2 aromatic heterocycles. The van der Waals surface area contributed by atoms with Gasteiger partial charge in [-0.05, 0) is 84.0 Å². The van der Waals surface area contributed by atoms with Crippen LogP contribution < -0.4 is 11.1 Å². The zero-order valence-electron chi connectivity index (χ0n) is 21.0. The lowest BCUT2D eigenvalue weighted by Crippen LogP contribution is -2.56. The van der Waals surface area contributed by atoms with Gasteiger partial charge in [0.05, 0.1) is 0 Å². The molecule has 5 rings (SSSR count). The van der Waals surface area contributed by atoms with Crippen molar-refractivity contribution in [1.82, 2.24) is 19.5 Å². The van der Waals surface area contributed by atoms with E-state index in [1.165, 1.54) is 44.9 Å². The molecule has 1 aliphatic heterocycles. The molecule has 0 spiro atoms. The molecule has 188 valence electrons. The largest absolute Gasteiger partial charge is 0.382 e. The Morgan fingerprint density at radius 3 is 2.53 bits per heavy atom. The van der Waals surface area contributed by atoms with Crippen LogP contribution in [0.4, 0.5) is 11.8 Å². The minimum absolute atomic E-state index is 0.0330. The van der Waals surface area contributed by atoms with Crippen molar-refractivity contribution in [3.63, 3.8) is 0 Å². The average molecular weight is 534 g/mol. The quantitative estimate of drug-likeness (QED) is 0.441. The summed E-state index contributed by atoms with van der Waals surface area (Å²) in [6.07, 6.45) is 11.2. The number of nitrogens with zero attached hydrogens (tertiary/aromatic N) is 4. The highest BCUT2D eigenvalue weighted by atomic mass is 79.9. The SMILES string of the molecule is CC1CCC(C(C)C)C(Nc2nc(N)c3nc(Br)n(CC4CCOCC4)c3n2)(C2CCCC2)C1. The molecule has 2 saturated carbocycles. The molecule has 0 amide bonds. The summed E-state index contributed by atoms with van der Waals surface area (Å²) in [6, 6.07) is 0. The number of imidazole rings is 1. The average Bonchev–Trinajstić information content (AvgIpc) is 3.44. The highest BCUT2D eigenvalue weighted by molar-refractivity contribution is 9.10. The van der Waals surface area contributed by atoms with Crippen molar-refractivity contribution in [1.29, 1.82) is 0 Å². The molecule has 0 aromatic carbocycles. The van der Waals surface area contributed by atoms with Gasteiger partial charge in [0.1, 0.15) is 0 Å². The van der Waals surface area contributed by atoms with E-state index in [4.69, 9.17) is 20.4 Å². The molecule has 3 aliphatic rings. The Hall–Kier alpha value is -1.41. The maximum Gasteiger partial charge on any atom is 0.227 e. The first-order valence-electron chi connectivity index (χ1n) is 13.4. The van der Waals surface area contributed by atoms with Crippen molar-refractivity contribution in [2.24, 2.45) is 29.6 Å². The van der Waals surface area contributed by atoms with Crippen LogP contribution in [0, 0.1) is 29.6 Å². The standard InChI is InChI=1S/C26H41BrN6O/c1-16(2)20-9-8-17(3)14-26(20,19-6-4-5-7-19)32-25-30-22(28)21-23(31-25)33(24(27)29-21)15-18-10-12-34-13-11-18/h16-20H,4-15H2,1-3H3,(H3,28,30,31,32). The molecule has 2 aromatic rings. The fraction of sp³-hybridized carbons (Fsp3) is 0.808. The number of anilines is 2. The van der Waals surface area contributed by atoms with E-state index in [9.17, 15) is 0 Å². The van der Waals surface area contributed by atoms with Crippen LogP contribution in [0.3, 0.4) is 0 Å². The van der Waals surface area contributed by atoms with Crippen LogP contribution in [-0.2, 0) is 11.3 Å². The zero-order valence-corrected chi connectivity index (χ0v) is 22.6. The third-order valence-electron chi connectivity index (χ3n) is 8.91. The van der Waals surface area contributed by atoms with Crippen molar-refractivity contribution in [3.8, 4) is 0 Å². The molecule has 3 unspecified atom stereocenters. The second-order valence-corrected chi connectivity index (χ2v) is 12.2. The third-order valence-corrected chi connectivity index (χ3v) is 9.51. The van der Waals surface area contributed by atoms with Crippen LogP contribution in [0.15, 0.2) is 4.73 Å². The minimum Gasteiger partial charge on any atom is -0.382 e. The molecule has 0 radical (unpaired) electrons. The Bertz CT molecular complexity index is 997. The molecule has 0 bridgehead atoms. The predicted octanol–water partition coefficient (Wildman–Crippen LogP) is 6.03. The summed E-state index contributed by atoms with van der Waals surface area (Å²) in [5, 5.41) is 3.99. The van der Waals surface area contributed by atoms with E-state index < -0.39 is 0 Å². The molecule has 3 atom stereocenters. The van der Waals surface area contributed by atoms with Gasteiger partial charge in [-0.3, -0.25) is 0 Å². The van der Waals surface area contributed by atoms with Crippen LogP contribution >= 0.6 is 15.9 Å². The van der Waals surface area contributed by atoms with E-state index in [-0.39, 0.29) is 5.54 Å². The normalized spacial score (nSPS) is 29.3. The summed E-state index contributed by atoms with van der Waals surface area (Å²) in [5.41, 5.74) is 8.05.